The zero-order valence-corrected chi connectivity index (χ0v) is 52.0. The van der Waals surface area contributed by atoms with Crippen LogP contribution in [0.4, 0.5) is 0 Å². The van der Waals surface area contributed by atoms with E-state index in [9.17, 15) is 0 Å². The summed E-state index contributed by atoms with van der Waals surface area (Å²) in [4.78, 5) is 31.7. The Balaban J connectivity index is 0.742. The second-order valence-electron chi connectivity index (χ2n) is 24.4. The molecule has 0 aliphatic heterocycles. The molecule has 0 aliphatic carbocycles. The highest BCUT2D eigenvalue weighted by atomic mass is 14.9. The van der Waals surface area contributed by atoms with Crippen LogP contribution < -0.4 is 0 Å². The average molecular weight is 1220 g/mol. The summed E-state index contributed by atoms with van der Waals surface area (Å²) in [5.41, 5.74) is 22.4. The molecule has 0 aliphatic rings. The predicted molar refractivity (Wildman–Crippen MR) is 398 cm³/mol. The standard InChI is InChI=1S/C90H56N6/c1-3-19-65(20-4-1)83-71-27-7-11-31-75(71)85(76-32-12-8-28-72(76)83)89-93-79(55-81(95-89)63-49-41-59(42-50-63)69-35-15-23-67-25-17-53-91-87(67)69)61-45-37-57(38-46-61)58-39-47-62(48-40-58)80-56-82(64-51-43-60(44-52-64)70-36-16-24-68-26-18-54-92-88(68)70)96-90(94-80)86-77-33-13-9-29-73(77)84(66-21-5-2-6-22-66)74-30-10-14-34-78(74)86/h1-56H. The summed E-state index contributed by atoms with van der Waals surface area (Å²) in [5.74, 6) is 1.32. The molecule has 446 valence electrons. The van der Waals surface area contributed by atoms with E-state index in [0.29, 0.717) is 11.6 Å². The van der Waals surface area contributed by atoms with Crippen LogP contribution in [0.15, 0.2) is 340 Å². The Morgan fingerprint density at radius 2 is 0.438 bits per heavy atom. The van der Waals surface area contributed by atoms with Gasteiger partial charge in [-0.3, -0.25) is 9.97 Å². The number of aromatic nitrogens is 6. The van der Waals surface area contributed by atoms with E-state index in [1.54, 1.807) is 0 Å². The number of nitrogens with zero attached hydrogens (tertiary/aromatic N) is 6. The van der Waals surface area contributed by atoms with Crippen molar-refractivity contribution < 1.29 is 0 Å². The number of pyridine rings is 2. The lowest BCUT2D eigenvalue weighted by molar-refractivity contribution is 1.19. The molecular formula is C90H56N6. The number of hydrogen-bond donors (Lipinski definition) is 0. The minimum Gasteiger partial charge on any atom is -0.256 e. The number of rotatable bonds is 11. The Kier molecular flexibility index (Phi) is 13.8. The fraction of sp³-hybridized carbons (Fsp3) is 0. The highest BCUT2D eigenvalue weighted by molar-refractivity contribution is 6.22. The maximum atomic E-state index is 5.55. The number of fused-ring (bicyclic) bond motifs is 6. The van der Waals surface area contributed by atoms with Gasteiger partial charge in [-0.15, -0.1) is 0 Å². The largest absolute Gasteiger partial charge is 0.256 e. The van der Waals surface area contributed by atoms with Crippen LogP contribution >= 0.6 is 0 Å². The van der Waals surface area contributed by atoms with E-state index in [0.717, 1.165) is 166 Å². The van der Waals surface area contributed by atoms with Crippen LogP contribution in [0.3, 0.4) is 0 Å². The van der Waals surface area contributed by atoms with Gasteiger partial charge in [-0.2, -0.15) is 0 Å². The van der Waals surface area contributed by atoms with Gasteiger partial charge >= 0.3 is 0 Å². The zero-order valence-electron chi connectivity index (χ0n) is 52.0. The molecule has 0 unspecified atom stereocenters. The average Bonchev–Trinajstić information content (AvgIpc) is 0.741. The van der Waals surface area contributed by atoms with Crippen molar-refractivity contribution in [3.05, 3.63) is 340 Å². The van der Waals surface area contributed by atoms with Gasteiger partial charge in [0.25, 0.3) is 0 Å². The molecule has 0 N–H and O–H groups in total. The van der Waals surface area contributed by atoms with Crippen molar-refractivity contribution in [1.29, 1.82) is 0 Å². The predicted octanol–water partition coefficient (Wildman–Crippen LogP) is 23.3. The molecule has 0 atom stereocenters. The lowest BCUT2D eigenvalue weighted by atomic mass is 9.88. The molecule has 4 aromatic heterocycles. The molecule has 18 rings (SSSR count). The first kappa shape index (κ1) is 55.9. The van der Waals surface area contributed by atoms with Crippen molar-refractivity contribution in [2.24, 2.45) is 0 Å². The van der Waals surface area contributed by atoms with Gasteiger partial charge in [-0.1, -0.05) is 303 Å². The lowest BCUT2D eigenvalue weighted by Crippen LogP contribution is -1.99. The molecule has 0 radical (unpaired) electrons. The van der Waals surface area contributed by atoms with Crippen molar-refractivity contribution in [3.8, 4) is 123 Å². The van der Waals surface area contributed by atoms with E-state index in [1.807, 2.05) is 24.5 Å². The minimum atomic E-state index is 0.661. The number of para-hydroxylation sites is 2. The van der Waals surface area contributed by atoms with E-state index in [1.165, 1.54) is 11.1 Å². The molecular weight excluding hydrogens is 1170 g/mol. The maximum absolute atomic E-state index is 5.55. The van der Waals surface area contributed by atoms with Crippen molar-refractivity contribution in [1.82, 2.24) is 29.9 Å². The Morgan fingerprint density at radius 3 is 0.750 bits per heavy atom. The van der Waals surface area contributed by atoms with E-state index in [4.69, 9.17) is 29.9 Å². The highest BCUT2D eigenvalue weighted by Crippen LogP contribution is 2.46. The molecule has 6 nitrogen and oxygen atoms in total. The molecule has 6 heteroatoms. The lowest BCUT2D eigenvalue weighted by Gasteiger charge is -2.18. The Hall–Kier alpha value is -12.9. The van der Waals surface area contributed by atoms with Crippen molar-refractivity contribution in [2.45, 2.75) is 0 Å². The van der Waals surface area contributed by atoms with Crippen molar-refractivity contribution >= 4 is 64.9 Å². The number of hydrogen-bond acceptors (Lipinski definition) is 6. The van der Waals surface area contributed by atoms with Gasteiger partial charge in [0.2, 0.25) is 0 Å². The summed E-state index contributed by atoms with van der Waals surface area (Å²) in [5, 5.41) is 11.2. The molecule has 0 spiro atoms. The second-order valence-corrected chi connectivity index (χ2v) is 24.4. The topological polar surface area (TPSA) is 77.3 Å². The van der Waals surface area contributed by atoms with Gasteiger partial charge < -0.3 is 0 Å². The molecule has 18 aromatic rings. The summed E-state index contributed by atoms with van der Waals surface area (Å²) < 4.78 is 0. The van der Waals surface area contributed by atoms with E-state index in [-0.39, 0.29) is 0 Å². The van der Waals surface area contributed by atoms with Crippen LogP contribution in [0.1, 0.15) is 0 Å². The first-order valence-corrected chi connectivity index (χ1v) is 32.5. The third-order valence-corrected chi connectivity index (χ3v) is 18.8. The van der Waals surface area contributed by atoms with E-state index in [2.05, 4.69) is 315 Å². The van der Waals surface area contributed by atoms with E-state index >= 15 is 0 Å². The maximum Gasteiger partial charge on any atom is 0.161 e. The molecule has 0 fully saturated rings. The van der Waals surface area contributed by atoms with Gasteiger partial charge in [0.05, 0.1) is 33.8 Å². The van der Waals surface area contributed by atoms with Gasteiger partial charge in [-0.25, -0.2) is 19.9 Å². The molecule has 0 saturated heterocycles. The summed E-state index contributed by atoms with van der Waals surface area (Å²) in [7, 11) is 0. The third kappa shape index (κ3) is 9.91. The summed E-state index contributed by atoms with van der Waals surface area (Å²) in [6, 6.07) is 116. The Morgan fingerprint density at radius 1 is 0.177 bits per heavy atom. The van der Waals surface area contributed by atoms with Crippen LogP contribution in [-0.4, -0.2) is 29.9 Å². The molecule has 4 heterocycles. The molecule has 0 bridgehead atoms. The molecule has 96 heavy (non-hydrogen) atoms. The van der Waals surface area contributed by atoms with E-state index < -0.39 is 0 Å². The molecule has 0 amide bonds. The molecule has 14 aromatic carbocycles. The van der Waals surface area contributed by atoms with Crippen molar-refractivity contribution in [2.75, 3.05) is 0 Å². The fourth-order valence-corrected chi connectivity index (χ4v) is 14.3. The first-order chi connectivity index (χ1) is 47.6. The third-order valence-electron chi connectivity index (χ3n) is 18.8. The van der Waals surface area contributed by atoms with Gasteiger partial charge in [0, 0.05) is 67.7 Å². The van der Waals surface area contributed by atoms with Crippen LogP contribution in [0.5, 0.6) is 0 Å². The summed E-state index contributed by atoms with van der Waals surface area (Å²) in [6.45, 7) is 0. The molecule has 0 saturated carbocycles. The normalized spacial score (nSPS) is 11.5. The van der Waals surface area contributed by atoms with Crippen LogP contribution in [0, 0.1) is 0 Å². The number of benzene rings is 14. The Labute approximate surface area is 554 Å². The highest BCUT2D eigenvalue weighted by Gasteiger charge is 2.23. The van der Waals surface area contributed by atoms with Crippen molar-refractivity contribution in [3.63, 3.8) is 0 Å². The van der Waals surface area contributed by atoms with Gasteiger partial charge in [0.1, 0.15) is 0 Å². The zero-order chi connectivity index (χ0) is 63.5. The SMILES string of the molecule is c1ccc(-c2c3ccccc3c(-c3nc(-c4ccc(-c5ccc(-c6cc(-c7ccc(-c8cccc9cccnc89)cc7)nc(-c7c8ccccc8c(-c8ccccc8)c8ccccc78)n6)cc5)cc4)cc(-c4ccc(-c5cccc6cccnc56)cc4)n3)c3ccccc23)cc1. The van der Waals surface area contributed by atoms with Gasteiger partial charge in [0.15, 0.2) is 11.6 Å². The smallest absolute Gasteiger partial charge is 0.161 e. The van der Waals surface area contributed by atoms with Crippen LogP contribution in [-0.2, 0) is 0 Å². The summed E-state index contributed by atoms with van der Waals surface area (Å²) in [6.07, 6.45) is 3.72. The fourth-order valence-electron chi connectivity index (χ4n) is 14.3. The van der Waals surface area contributed by atoms with Crippen LogP contribution in [0.2, 0.25) is 0 Å². The van der Waals surface area contributed by atoms with Crippen LogP contribution in [0.25, 0.3) is 188 Å². The summed E-state index contributed by atoms with van der Waals surface area (Å²) >= 11 is 0. The quantitative estimate of drug-likeness (QED) is 0.120. The minimum absolute atomic E-state index is 0.661. The second kappa shape index (κ2) is 23.7. The van der Waals surface area contributed by atoms with Gasteiger partial charge in [-0.05, 0) is 112 Å². The first-order valence-electron chi connectivity index (χ1n) is 32.5. The Bertz CT molecular complexity index is 5530. The monoisotopic (exact) mass is 1220 g/mol.